The Morgan fingerprint density at radius 2 is 1.67 bits per heavy atom. The van der Waals surface area contributed by atoms with Crippen LogP contribution in [0.1, 0.15) is 29.8 Å². The molecule has 0 saturated carbocycles. The van der Waals surface area contributed by atoms with Gasteiger partial charge in [-0.2, -0.15) is 0 Å². The lowest BCUT2D eigenvalue weighted by Crippen LogP contribution is -2.36. The Labute approximate surface area is 175 Å². The molecule has 0 aromatic heterocycles. The van der Waals surface area contributed by atoms with Crippen LogP contribution in [-0.2, 0) is 20.9 Å². The fourth-order valence-electron chi connectivity index (χ4n) is 2.60. The number of amides is 1. The largest absolute Gasteiger partial charge is 0.496 e. The molecule has 0 aliphatic rings. The predicted octanol–water partition coefficient (Wildman–Crippen LogP) is 2.53. The second-order valence-electron chi connectivity index (χ2n) is 6.37. The number of ketones is 1. The summed E-state index contributed by atoms with van der Waals surface area (Å²) in [6.45, 7) is 2.73. The molecule has 0 heterocycles. The summed E-state index contributed by atoms with van der Waals surface area (Å²) in [5.74, 6) is -0.0241. The number of benzene rings is 2. The Kier molecular flexibility index (Phi) is 8.22. The van der Waals surface area contributed by atoms with Crippen molar-refractivity contribution >= 4 is 17.7 Å². The normalized spacial score (nSPS) is 11.2. The van der Waals surface area contributed by atoms with Crippen LogP contribution < -0.4 is 19.5 Å². The van der Waals surface area contributed by atoms with Gasteiger partial charge in [0, 0.05) is 17.7 Å². The minimum Gasteiger partial charge on any atom is -0.496 e. The van der Waals surface area contributed by atoms with Gasteiger partial charge < -0.3 is 24.3 Å². The van der Waals surface area contributed by atoms with Gasteiger partial charge in [0.2, 0.25) is 0 Å². The molecule has 8 heteroatoms. The van der Waals surface area contributed by atoms with E-state index in [4.69, 9.17) is 18.9 Å². The lowest BCUT2D eigenvalue weighted by Gasteiger charge is -2.15. The van der Waals surface area contributed by atoms with Crippen molar-refractivity contribution in [2.24, 2.45) is 0 Å². The van der Waals surface area contributed by atoms with Crippen molar-refractivity contribution in [1.29, 1.82) is 0 Å². The minimum atomic E-state index is -1.00. The Hall–Kier alpha value is -3.55. The van der Waals surface area contributed by atoms with E-state index in [1.807, 2.05) is 18.2 Å². The molecular formula is C22H25NO7. The van der Waals surface area contributed by atoms with Crippen molar-refractivity contribution in [2.45, 2.75) is 26.5 Å². The maximum atomic E-state index is 12.2. The summed E-state index contributed by atoms with van der Waals surface area (Å²) in [6, 6.07) is 11.9. The number of hydrogen-bond acceptors (Lipinski definition) is 7. The van der Waals surface area contributed by atoms with Crippen LogP contribution in [0.15, 0.2) is 42.5 Å². The lowest BCUT2D eigenvalue weighted by molar-refractivity contribution is -0.156. The number of Topliss-reactive ketones (excluding diaryl/α,β-unsaturated/α-hetero) is 1. The molecule has 2 aromatic rings. The molecule has 0 spiro atoms. The van der Waals surface area contributed by atoms with Crippen molar-refractivity contribution in [3.05, 3.63) is 53.6 Å². The first-order valence-corrected chi connectivity index (χ1v) is 9.26. The van der Waals surface area contributed by atoms with Gasteiger partial charge in [0.1, 0.15) is 5.75 Å². The highest BCUT2D eigenvalue weighted by atomic mass is 16.6. The highest BCUT2D eigenvalue weighted by Gasteiger charge is 2.19. The third kappa shape index (κ3) is 6.23. The summed E-state index contributed by atoms with van der Waals surface area (Å²) in [5, 5.41) is 2.70. The second kappa shape index (κ2) is 10.8. The molecule has 0 radical (unpaired) electrons. The van der Waals surface area contributed by atoms with Crippen LogP contribution >= 0.6 is 0 Å². The van der Waals surface area contributed by atoms with Crippen LogP contribution in [0.25, 0.3) is 0 Å². The number of carbonyl (C=O) groups excluding carboxylic acids is 3. The third-order valence-corrected chi connectivity index (χ3v) is 4.24. The van der Waals surface area contributed by atoms with Crippen LogP contribution in [0.4, 0.5) is 0 Å². The Balaban J connectivity index is 1.85. The van der Waals surface area contributed by atoms with Gasteiger partial charge in [-0.1, -0.05) is 18.2 Å². The first kappa shape index (κ1) is 22.7. The molecule has 160 valence electrons. The number of methoxy groups -OCH3 is 2. The second-order valence-corrected chi connectivity index (χ2v) is 6.37. The standard InChI is InChI=1S/C22H25NO7/c1-14(24)16-9-10-19(20(11-16)28-4)29-13-21(25)30-15(2)22(26)23-12-17-7-5-6-8-18(17)27-3/h5-11,15H,12-13H2,1-4H3,(H,23,26)/t15-/m0/s1. The van der Waals surface area contributed by atoms with Crippen molar-refractivity contribution in [1.82, 2.24) is 5.32 Å². The zero-order chi connectivity index (χ0) is 22.1. The summed E-state index contributed by atoms with van der Waals surface area (Å²) >= 11 is 0. The van der Waals surface area contributed by atoms with Gasteiger partial charge in [-0.15, -0.1) is 0 Å². The van der Waals surface area contributed by atoms with Crippen LogP contribution in [0.2, 0.25) is 0 Å². The Morgan fingerprint density at radius 3 is 2.33 bits per heavy atom. The van der Waals surface area contributed by atoms with Crippen LogP contribution in [0, 0.1) is 0 Å². The molecule has 30 heavy (non-hydrogen) atoms. The van der Waals surface area contributed by atoms with Gasteiger partial charge in [-0.3, -0.25) is 9.59 Å². The number of esters is 1. The van der Waals surface area contributed by atoms with Crippen molar-refractivity contribution in [3.8, 4) is 17.2 Å². The Morgan fingerprint density at radius 1 is 0.967 bits per heavy atom. The maximum Gasteiger partial charge on any atom is 0.344 e. The monoisotopic (exact) mass is 415 g/mol. The number of hydrogen-bond donors (Lipinski definition) is 1. The quantitative estimate of drug-likeness (QED) is 0.470. The lowest BCUT2D eigenvalue weighted by atomic mass is 10.1. The van der Waals surface area contributed by atoms with E-state index < -0.39 is 24.6 Å². The smallest absolute Gasteiger partial charge is 0.344 e. The molecule has 0 unspecified atom stereocenters. The molecule has 1 atom stereocenters. The fraction of sp³-hybridized carbons (Fsp3) is 0.318. The average Bonchev–Trinajstić information content (AvgIpc) is 2.75. The molecule has 0 saturated heterocycles. The number of rotatable bonds is 10. The van der Waals surface area contributed by atoms with E-state index in [0.29, 0.717) is 17.1 Å². The van der Waals surface area contributed by atoms with E-state index >= 15 is 0 Å². The highest BCUT2D eigenvalue weighted by molar-refractivity contribution is 5.94. The maximum absolute atomic E-state index is 12.2. The predicted molar refractivity (Wildman–Crippen MR) is 109 cm³/mol. The van der Waals surface area contributed by atoms with Crippen LogP contribution in [0.5, 0.6) is 17.2 Å². The third-order valence-electron chi connectivity index (χ3n) is 4.24. The minimum absolute atomic E-state index is 0.118. The molecule has 1 N–H and O–H groups in total. The van der Waals surface area contributed by atoms with Crippen molar-refractivity contribution in [3.63, 3.8) is 0 Å². The zero-order valence-electron chi connectivity index (χ0n) is 17.4. The first-order valence-electron chi connectivity index (χ1n) is 9.26. The van der Waals surface area contributed by atoms with E-state index in [9.17, 15) is 14.4 Å². The van der Waals surface area contributed by atoms with E-state index in [0.717, 1.165) is 5.56 Å². The molecule has 0 aliphatic heterocycles. The van der Waals surface area contributed by atoms with Crippen molar-refractivity contribution in [2.75, 3.05) is 20.8 Å². The van der Waals surface area contributed by atoms with E-state index in [1.165, 1.54) is 33.1 Å². The average molecular weight is 415 g/mol. The van der Waals surface area contributed by atoms with E-state index in [-0.39, 0.29) is 18.1 Å². The molecule has 0 aliphatic carbocycles. The van der Waals surface area contributed by atoms with Gasteiger partial charge >= 0.3 is 5.97 Å². The fourth-order valence-corrected chi connectivity index (χ4v) is 2.60. The molecule has 2 aromatic carbocycles. The number of nitrogens with one attached hydrogen (secondary N) is 1. The van der Waals surface area contributed by atoms with Gasteiger partial charge in [0.15, 0.2) is 30.0 Å². The van der Waals surface area contributed by atoms with Crippen molar-refractivity contribution < 1.29 is 33.3 Å². The van der Waals surface area contributed by atoms with Crippen LogP contribution in [0.3, 0.4) is 0 Å². The molecule has 0 fully saturated rings. The topological polar surface area (TPSA) is 100 Å². The van der Waals surface area contributed by atoms with E-state index in [2.05, 4.69) is 5.32 Å². The highest BCUT2D eigenvalue weighted by Crippen LogP contribution is 2.28. The van der Waals surface area contributed by atoms with Gasteiger partial charge in [-0.05, 0) is 38.1 Å². The summed E-state index contributed by atoms with van der Waals surface area (Å²) in [4.78, 5) is 35.7. The number of para-hydroxylation sites is 1. The molecule has 1 amide bonds. The first-order chi connectivity index (χ1) is 14.3. The van der Waals surface area contributed by atoms with Gasteiger partial charge in [-0.25, -0.2) is 4.79 Å². The molecular weight excluding hydrogens is 390 g/mol. The van der Waals surface area contributed by atoms with Gasteiger partial charge in [0.25, 0.3) is 5.91 Å². The van der Waals surface area contributed by atoms with Gasteiger partial charge in [0.05, 0.1) is 14.2 Å². The summed E-state index contributed by atoms with van der Waals surface area (Å²) in [7, 11) is 2.98. The molecule has 2 rings (SSSR count). The number of carbonyl (C=O) groups is 3. The van der Waals surface area contributed by atoms with E-state index in [1.54, 1.807) is 19.2 Å². The Bertz CT molecular complexity index is 910. The summed E-state index contributed by atoms with van der Waals surface area (Å²) < 4.78 is 20.9. The summed E-state index contributed by atoms with van der Waals surface area (Å²) in [6.07, 6.45) is -1.00. The van der Waals surface area contributed by atoms with Crippen LogP contribution in [-0.4, -0.2) is 44.6 Å². The molecule has 0 bridgehead atoms. The molecule has 8 nitrogen and oxygen atoms in total. The SMILES string of the molecule is COc1ccccc1CNC(=O)[C@H](C)OC(=O)COc1ccc(C(C)=O)cc1OC. The number of ether oxygens (including phenoxy) is 4. The zero-order valence-corrected chi connectivity index (χ0v) is 17.4. The summed E-state index contributed by atoms with van der Waals surface area (Å²) in [5.41, 5.74) is 1.26.